The third-order valence-corrected chi connectivity index (χ3v) is 2.04. The summed E-state index contributed by atoms with van der Waals surface area (Å²) in [5.74, 6) is 1.55. The van der Waals surface area contributed by atoms with Crippen LogP contribution in [0.15, 0.2) is 37.0 Å². The van der Waals surface area contributed by atoms with E-state index in [1.165, 1.54) is 6.42 Å². The zero-order chi connectivity index (χ0) is 8.10. The molecule has 1 saturated carbocycles. The van der Waals surface area contributed by atoms with Crippen LogP contribution in [0.25, 0.3) is 0 Å². The van der Waals surface area contributed by atoms with E-state index in [9.17, 15) is 0 Å². The van der Waals surface area contributed by atoms with Crippen LogP contribution >= 0.6 is 0 Å². The smallest absolute Gasteiger partial charge is 0.0161 e. The van der Waals surface area contributed by atoms with Crippen molar-refractivity contribution < 1.29 is 0 Å². The van der Waals surface area contributed by atoms with E-state index in [1.54, 1.807) is 0 Å². The van der Waals surface area contributed by atoms with Gasteiger partial charge in [0, 0.05) is 0 Å². The Bertz CT molecular complexity index is 174. The first-order valence-electron chi connectivity index (χ1n) is 4.34. The number of rotatable bonds is 4. The van der Waals surface area contributed by atoms with Crippen molar-refractivity contribution in [1.29, 1.82) is 0 Å². The minimum absolute atomic E-state index is 0.765. The second-order valence-corrected chi connectivity index (χ2v) is 3.02. The molecule has 1 aliphatic carbocycles. The van der Waals surface area contributed by atoms with Gasteiger partial charge in [0.1, 0.15) is 0 Å². The largest absolute Gasteiger partial charge is 0.103 e. The predicted octanol–water partition coefficient (Wildman–Crippen LogP) is 3.33. The highest BCUT2D eigenvalue weighted by Gasteiger charge is 2.30. The standard InChI is InChI=1S/C11H16/c1-3-5-6-7-8-11-9-10(11)4-2/h4-8,10-11H,2-3,9H2,1H3/b6-5-,8-7+/t10-,11+/m0/s1. The highest BCUT2D eigenvalue weighted by atomic mass is 14.3. The summed E-state index contributed by atoms with van der Waals surface area (Å²) in [5.41, 5.74) is 0. The number of allylic oxidation sites excluding steroid dienone is 5. The summed E-state index contributed by atoms with van der Waals surface area (Å²) in [6, 6.07) is 0. The van der Waals surface area contributed by atoms with Gasteiger partial charge in [0.05, 0.1) is 0 Å². The van der Waals surface area contributed by atoms with Crippen molar-refractivity contribution in [2.75, 3.05) is 0 Å². The van der Waals surface area contributed by atoms with E-state index in [4.69, 9.17) is 0 Å². The van der Waals surface area contributed by atoms with Crippen LogP contribution in [-0.2, 0) is 0 Å². The summed E-state index contributed by atoms with van der Waals surface area (Å²) in [7, 11) is 0. The van der Waals surface area contributed by atoms with E-state index in [1.807, 2.05) is 0 Å². The Morgan fingerprint density at radius 2 is 2.18 bits per heavy atom. The Balaban J connectivity index is 2.17. The first-order chi connectivity index (χ1) is 5.38. The van der Waals surface area contributed by atoms with Gasteiger partial charge in [-0.1, -0.05) is 37.3 Å². The van der Waals surface area contributed by atoms with Gasteiger partial charge in [0.15, 0.2) is 0 Å². The van der Waals surface area contributed by atoms with Gasteiger partial charge in [-0.2, -0.15) is 0 Å². The second kappa shape index (κ2) is 4.17. The molecule has 11 heavy (non-hydrogen) atoms. The van der Waals surface area contributed by atoms with Gasteiger partial charge in [-0.15, -0.1) is 6.58 Å². The fourth-order valence-electron chi connectivity index (χ4n) is 1.15. The lowest BCUT2D eigenvalue weighted by molar-refractivity contribution is 0.998. The van der Waals surface area contributed by atoms with E-state index < -0.39 is 0 Å². The highest BCUT2D eigenvalue weighted by molar-refractivity contribution is 5.13. The van der Waals surface area contributed by atoms with Crippen LogP contribution in [0.2, 0.25) is 0 Å². The van der Waals surface area contributed by atoms with Crippen molar-refractivity contribution in [3.8, 4) is 0 Å². The van der Waals surface area contributed by atoms with Gasteiger partial charge in [-0.25, -0.2) is 0 Å². The molecule has 0 amide bonds. The summed E-state index contributed by atoms with van der Waals surface area (Å²) in [6.07, 6.45) is 13.2. The van der Waals surface area contributed by atoms with Gasteiger partial charge in [-0.05, 0) is 24.7 Å². The van der Waals surface area contributed by atoms with Crippen LogP contribution in [0.5, 0.6) is 0 Å². The van der Waals surface area contributed by atoms with Crippen molar-refractivity contribution in [1.82, 2.24) is 0 Å². The van der Waals surface area contributed by atoms with Gasteiger partial charge in [0.2, 0.25) is 0 Å². The van der Waals surface area contributed by atoms with E-state index in [0.29, 0.717) is 0 Å². The molecule has 0 aromatic rings. The molecule has 1 rings (SSSR count). The first-order valence-corrected chi connectivity index (χ1v) is 4.34. The molecule has 0 aromatic carbocycles. The summed E-state index contributed by atoms with van der Waals surface area (Å²) < 4.78 is 0. The maximum Gasteiger partial charge on any atom is -0.0161 e. The molecule has 0 N–H and O–H groups in total. The molecular formula is C11H16. The Morgan fingerprint density at radius 3 is 2.73 bits per heavy atom. The molecule has 1 fully saturated rings. The van der Waals surface area contributed by atoms with Crippen LogP contribution in [-0.4, -0.2) is 0 Å². The van der Waals surface area contributed by atoms with E-state index in [-0.39, 0.29) is 0 Å². The molecule has 1 aliphatic rings. The fourth-order valence-corrected chi connectivity index (χ4v) is 1.15. The molecule has 0 unspecified atom stereocenters. The monoisotopic (exact) mass is 148 g/mol. The number of hydrogen-bond donors (Lipinski definition) is 0. The third-order valence-electron chi connectivity index (χ3n) is 2.04. The van der Waals surface area contributed by atoms with E-state index >= 15 is 0 Å². The number of hydrogen-bond acceptors (Lipinski definition) is 0. The quantitative estimate of drug-likeness (QED) is 0.424. The molecule has 0 nitrogen and oxygen atoms in total. The van der Waals surface area contributed by atoms with Crippen LogP contribution in [0, 0.1) is 11.8 Å². The van der Waals surface area contributed by atoms with E-state index in [2.05, 4.69) is 43.9 Å². The van der Waals surface area contributed by atoms with Gasteiger partial charge >= 0.3 is 0 Å². The molecule has 0 bridgehead atoms. The van der Waals surface area contributed by atoms with Gasteiger partial charge in [0.25, 0.3) is 0 Å². The lowest BCUT2D eigenvalue weighted by Gasteiger charge is -1.80. The van der Waals surface area contributed by atoms with Gasteiger partial charge < -0.3 is 0 Å². The molecular weight excluding hydrogens is 132 g/mol. The molecule has 0 radical (unpaired) electrons. The van der Waals surface area contributed by atoms with E-state index in [0.717, 1.165) is 18.3 Å². The average molecular weight is 148 g/mol. The minimum atomic E-state index is 0.765. The summed E-state index contributed by atoms with van der Waals surface area (Å²) in [6.45, 7) is 5.91. The second-order valence-electron chi connectivity index (χ2n) is 3.02. The van der Waals surface area contributed by atoms with Crippen molar-refractivity contribution in [2.45, 2.75) is 19.8 Å². The maximum atomic E-state index is 3.77. The molecule has 0 spiro atoms. The predicted molar refractivity (Wildman–Crippen MR) is 50.4 cm³/mol. The lowest BCUT2D eigenvalue weighted by atomic mass is 10.3. The molecule has 0 saturated heterocycles. The molecule has 0 aliphatic heterocycles. The summed E-state index contributed by atoms with van der Waals surface area (Å²) in [5, 5.41) is 0. The molecule has 0 heteroatoms. The van der Waals surface area contributed by atoms with Crippen LogP contribution in [0.1, 0.15) is 19.8 Å². The maximum absolute atomic E-state index is 3.77. The van der Waals surface area contributed by atoms with Crippen LogP contribution in [0.3, 0.4) is 0 Å². The summed E-state index contributed by atoms with van der Waals surface area (Å²) in [4.78, 5) is 0. The Labute approximate surface area is 69.3 Å². The SMILES string of the molecule is C=C[C@H]1C[C@H]1/C=C/C=C\CC. The van der Waals surface area contributed by atoms with Crippen molar-refractivity contribution in [3.05, 3.63) is 37.0 Å². The first kappa shape index (κ1) is 8.32. The van der Waals surface area contributed by atoms with Crippen LogP contribution in [0.4, 0.5) is 0 Å². The van der Waals surface area contributed by atoms with Crippen molar-refractivity contribution in [3.63, 3.8) is 0 Å². The molecule has 0 heterocycles. The fraction of sp³-hybridized carbons (Fsp3) is 0.455. The lowest BCUT2D eigenvalue weighted by Crippen LogP contribution is -1.68. The van der Waals surface area contributed by atoms with Crippen LogP contribution < -0.4 is 0 Å². The average Bonchev–Trinajstić information content (AvgIpc) is 2.77. The highest BCUT2D eigenvalue weighted by Crippen LogP contribution is 2.40. The topological polar surface area (TPSA) is 0 Å². The zero-order valence-electron chi connectivity index (χ0n) is 7.16. The minimum Gasteiger partial charge on any atom is -0.103 e. The normalized spacial score (nSPS) is 29.9. The molecule has 2 atom stereocenters. The third kappa shape index (κ3) is 2.75. The molecule has 60 valence electrons. The van der Waals surface area contributed by atoms with Crippen molar-refractivity contribution >= 4 is 0 Å². The summed E-state index contributed by atoms with van der Waals surface area (Å²) >= 11 is 0. The Kier molecular flexibility index (Phi) is 3.15. The van der Waals surface area contributed by atoms with Crippen molar-refractivity contribution in [2.24, 2.45) is 11.8 Å². The van der Waals surface area contributed by atoms with Gasteiger partial charge in [-0.3, -0.25) is 0 Å². The molecule has 0 aromatic heterocycles. The Morgan fingerprint density at radius 1 is 1.36 bits per heavy atom. The Hall–Kier alpha value is -0.780. The zero-order valence-corrected chi connectivity index (χ0v) is 7.16.